The predicted octanol–water partition coefficient (Wildman–Crippen LogP) is 3.91. The molecule has 11 nitrogen and oxygen atoms in total. The number of benzene rings is 2. The fraction of sp³-hybridized carbons (Fsp3) is 0.250. The second-order valence-corrected chi connectivity index (χ2v) is 10.9. The van der Waals surface area contributed by atoms with Gasteiger partial charge < -0.3 is 14.8 Å². The maximum atomic E-state index is 12.8. The van der Waals surface area contributed by atoms with Crippen molar-refractivity contribution in [2.75, 3.05) is 31.0 Å². The Morgan fingerprint density at radius 1 is 1.00 bits per heavy atom. The lowest BCUT2D eigenvalue weighted by molar-refractivity contribution is -0.113. The van der Waals surface area contributed by atoms with E-state index in [1.165, 1.54) is 23.1 Å². The highest BCUT2D eigenvalue weighted by Gasteiger charge is 2.20. The third kappa shape index (κ3) is 6.82. The van der Waals surface area contributed by atoms with Gasteiger partial charge in [0.15, 0.2) is 15.3 Å². The zero-order valence-electron chi connectivity index (χ0n) is 20.8. The van der Waals surface area contributed by atoms with E-state index in [9.17, 15) is 9.59 Å². The summed E-state index contributed by atoms with van der Waals surface area (Å²) in [5.74, 6) is 2.05. The molecule has 2 amide bonds. The van der Waals surface area contributed by atoms with Crippen LogP contribution in [-0.2, 0) is 11.3 Å². The monoisotopic (exact) mass is 571 g/mol. The van der Waals surface area contributed by atoms with E-state index in [2.05, 4.69) is 31.0 Å². The van der Waals surface area contributed by atoms with Gasteiger partial charge in [-0.25, -0.2) is 0 Å². The molecule has 2 N–H and O–H groups in total. The highest BCUT2D eigenvalue weighted by molar-refractivity contribution is 8.01. The van der Waals surface area contributed by atoms with Crippen molar-refractivity contribution in [3.8, 4) is 17.2 Å². The normalized spacial score (nSPS) is 10.7. The summed E-state index contributed by atoms with van der Waals surface area (Å²) >= 11 is 4.10. The maximum Gasteiger partial charge on any atom is 0.251 e. The van der Waals surface area contributed by atoms with Crippen molar-refractivity contribution >= 4 is 51.8 Å². The first-order valence-corrected chi connectivity index (χ1v) is 14.2. The summed E-state index contributed by atoms with van der Waals surface area (Å²) in [6.45, 7) is 2.12. The van der Waals surface area contributed by atoms with Crippen molar-refractivity contribution in [3.05, 3.63) is 59.9 Å². The Balaban J connectivity index is 1.51. The molecule has 4 rings (SSSR count). The van der Waals surface area contributed by atoms with Gasteiger partial charge in [-0.2, -0.15) is 0 Å². The molecule has 2 aromatic heterocycles. The zero-order chi connectivity index (χ0) is 26.9. The molecule has 0 aliphatic carbocycles. The van der Waals surface area contributed by atoms with Crippen LogP contribution in [0.1, 0.15) is 23.1 Å². The van der Waals surface area contributed by atoms with Crippen LogP contribution in [0.25, 0.3) is 5.69 Å². The smallest absolute Gasteiger partial charge is 0.251 e. The largest absolute Gasteiger partial charge is 0.497 e. The number of aromatic nitrogens is 5. The number of rotatable bonds is 12. The molecule has 0 radical (unpaired) electrons. The number of thioether (sulfide) groups is 2. The van der Waals surface area contributed by atoms with E-state index in [1.807, 2.05) is 31.2 Å². The van der Waals surface area contributed by atoms with Crippen molar-refractivity contribution in [3.63, 3.8) is 0 Å². The first kappa shape index (κ1) is 27.4. The van der Waals surface area contributed by atoms with Crippen LogP contribution in [0.15, 0.2) is 58.0 Å². The van der Waals surface area contributed by atoms with E-state index in [-0.39, 0.29) is 24.1 Å². The lowest BCUT2D eigenvalue weighted by atomic mass is 10.2. The van der Waals surface area contributed by atoms with E-state index in [0.717, 1.165) is 10.1 Å². The van der Waals surface area contributed by atoms with Crippen LogP contribution in [-0.4, -0.2) is 62.5 Å². The van der Waals surface area contributed by atoms with Crippen molar-refractivity contribution in [1.82, 2.24) is 30.3 Å². The number of nitrogens with one attached hydrogen (secondary N) is 2. The summed E-state index contributed by atoms with van der Waals surface area (Å²) < 4.78 is 13.3. The minimum Gasteiger partial charge on any atom is -0.497 e. The van der Waals surface area contributed by atoms with Crippen LogP contribution in [0, 0.1) is 0 Å². The molecule has 4 aromatic rings. The third-order valence-corrected chi connectivity index (χ3v) is 7.80. The minimum atomic E-state index is -0.287. The summed E-state index contributed by atoms with van der Waals surface area (Å²) in [5.41, 5.74) is 1.13. The molecule has 0 aliphatic heterocycles. The van der Waals surface area contributed by atoms with Crippen molar-refractivity contribution < 1.29 is 19.1 Å². The van der Waals surface area contributed by atoms with E-state index >= 15 is 0 Å². The average Bonchev–Trinajstić information content (AvgIpc) is 3.56. The third-order valence-electron chi connectivity index (χ3n) is 5.02. The molecule has 38 heavy (non-hydrogen) atoms. The number of amides is 2. The number of para-hydroxylation sites is 2. The van der Waals surface area contributed by atoms with Crippen molar-refractivity contribution in [2.45, 2.75) is 23.0 Å². The number of anilines is 1. The Kier molecular flexibility index (Phi) is 9.56. The molecule has 0 fully saturated rings. The van der Waals surface area contributed by atoms with Gasteiger partial charge in [-0.1, -0.05) is 60.0 Å². The number of hydrogen-bond acceptors (Lipinski definition) is 11. The topological polar surface area (TPSA) is 133 Å². The molecule has 0 spiro atoms. The number of hydrogen-bond donors (Lipinski definition) is 2. The van der Waals surface area contributed by atoms with Gasteiger partial charge >= 0.3 is 0 Å². The van der Waals surface area contributed by atoms with Crippen LogP contribution in [0.4, 0.5) is 5.13 Å². The molecule has 0 saturated heterocycles. The van der Waals surface area contributed by atoms with Gasteiger partial charge in [0.2, 0.25) is 11.0 Å². The van der Waals surface area contributed by atoms with Crippen molar-refractivity contribution in [1.29, 1.82) is 0 Å². The molecule has 14 heteroatoms. The minimum absolute atomic E-state index is 0.0687. The van der Waals surface area contributed by atoms with E-state index in [4.69, 9.17) is 9.47 Å². The molecule has 2 heterocycles. The number of ether oxygens (including phenoxy) is 2. The number of methoxy groups -OCH3 is 2. The predicted molar refractivity (Wildman–Crippen MR) is 148 cm³/mol. The first-order chi connectivity index (χ1) is 18.5. The van der Waals surface area contributed by atoms with Gasteiger partial charge in [0.1, 0.15) is 11.5 Å². The summed E-state index contributed by atoms with van der Waals surface area (Å²) in [6.07, 6.45) is 0. The fourth-order valence-electron chi connectivity index (χ4n) is 3.32. The lowest BCUT2D eigenvalue weighted by Crippen LogP contribution is -2.24. The van der Waals surface area contributed by atoms with E-state index in [0.29, 0.717) is 38.9 Å². The van der Waals surface area contributed by atoms with Gasteiger partial charge in [-0.15, -0.1) is 20.4 Å². The van der Waals surface area contributed by atoms with Crippen LogP contribution in [0.2, 0.25) is 0 Å². The Morgan fingerprint density at radius 2 is 1.84 bits per heavy atom. The molecule has 0 atom stereocenters. The van der Waals surface area contributed by atoms with Gasteiger partial charge in [0.25, 0.3) is 5.91 Å². The zero-order valence-corrected chi connectivity index (χ0v) is 23.3. The molecular weight excluding hydrogens is 547 g/mol. The Labute approximate surface area is 231 Å². The second-order valence-electron chi connectivity index (χ2n) is 7.46. The van der Waals surface area contributed by atoms with Crippen LogP contribution in [0.3, 0.4) is 0 Å². The van der Waals surface area contributed by atoms with Crippen LogP contribution < -0.4 is 20.1 Å². The molecular formula is C24H25N7O4S3. The van der Waals surface area contributed by atoms with Crippen LogP contribution in [0.5, 0.6) is 11.5 Å². The van der Waals surface area contributed by atoms with Gasteiger partial charge in [-0.3, -0.25) is 19.5 Å². The number of nitrogens with zero attached hydrogens (tertiary/aromatic N) is 5. The summed E-state index contributed by atoms with van der Waals surface area (Å²) in [7, 11) is 3.11. The Morgan fingerprint density at radius 3 is 2.63 bits per heavy atom. The first-order valence-electron chi connectivity index (χ1n) is 11.4. The Hall–Kier alpha value is -3.62. The van der Waals surface area contributed by atoms with E-state index < -0.39 is 0 Å². The van der Waals surface area contributed by atoms with E-state index in [1.54, 1.807) is 54.8 Å². The standard InChI is InChI=1S/C24H25N7O4S3/c1-4-36-24-30-28-22(38-24)26-20(32)14-37-23-29-27-19(31(23)17-10-5-6-11-18(17)35-3)13-25-21(33)15-8-7-9-16(12-15)34-2/h5-12H,4,13-14H2,1-3H3,(H,25,33)(H,26,28,32). The molecule has 0 aliphatic rings. The quantitative estimate of drug-likeness (QED) is 0.190. The van der Waals surface area contributed by atoms with Gasteiger partial charge in [-0.05, 0) is 36.1 Å². The molecule has 0 bridgehead atoms. The highest BCUT2D eigenvalue weighted by atomic mass is 32.2. The summed E-state index contributed by atoms with van der Waals surface area (Å²) in [6, 6.07) is 14.2. The fourth-order valence-corrected chi connectivity index (χ4v) is 5.75. The SMILES string of the molecule is CCSc1nnc(NC(=O)CSc2nnc(CNC(=O)c3cccc(OC)c3)n2-c2ccccc2OC)s1. The van der Waals surface area contributed by atoms with Crippen LogP contribution >= 0.6 is 34.9 Å². The lowest BCUT2D eigenvalue weighted by Gasteiger charge is -2.14. The molecule has 198 valence electrons. The Bertz CT molecular complexity index is 1410. The molecule has 0 unspecified atom stereocenters. The maximum absolute atomic E-state index is 12.8. The number of carbonyl (C=O) groups excluding carboxylic acids is 2. The average molecular weight is 572 g/mol. The summed E-state index contributed by atoms with van der Waals surface area (Å²) in [4.78, 5) is 25.4. The second kappa shape index (κ2) is 13.3. The summed E-state index contributed by atoms with van der Waals surface area (Å²) in [5, 5.41) is 23.2. The molecule has 2 aromatic carbocycles. The van der Waals surface area contributed by atoms with Crippen molar-refractivity contribution in [2.24, 2.45) is 0 Å². The highest BCUT2D eigenvalue weighted by Crippen LogP contribution is 2.29. The molecule has 0 saturated carbocycles. The van der Waals surface area contributed by atoms with Gasteiger partial charge in [0, 0.05) is 5.56 Å². The number of carbonyl (C=O) groups is 2. The van der Waals surface area contributed by atoms with Gasteiger partial charge in [0.05, 0.1) is 32.2 Å².